The number of halogens is 1. The average molecular weight is 340 g/mol. The standard InChI is InChI=1S/C17H26ClN3O2/c1-14-5-6-15(18)16(13-14)20-17(22)19-7-3-2-4-8-21-9-11-23-12-10-21/h5-6,13H,2-4,7-12H2,1H3,(H2,19,20,22). The second kappa shape index (κ2) is 9.75. The predicted molar refractivity (Wildman–Crippen MR) is 94.3 cm³/mol. The molecule has 5 nitrogen and oxygen atoms in total. The molecule has 1 aliphatic rings. The molecule has 1 aromatic carbocycles. The Bertz CT molecular complexity index is 505. The van der Waals surface area contributed by atoms with Gasteiger partial charge in [0.15, 0.2) is 0 Å². The van der Waals surface area contributed by atoms with Crippen LogP contribution in [-0.2, 0) is 4.74 Å². The fraction of sp³-hybridized carbons (Fsp3) is 0.588. The molecule has 6 heteroatoms. The molecule has 2 N–H and O–H groups in total. The summed E-state index contributed by atoms with van der Waals surface area (Å²) in [6, 6.07) is 5.37. The average Bonchev–Trinajstić information content (AvgIpc) is 2.55. The first-order valence-corrected chi connectivity index (χ1v) is 8.64. The van der Waals surface area contributed by atoms with Crippen LogP contribution < -0.4 is 10.6 Å². The van der Waals surface area contributed by atoms with Gasteiger partial charge in [0.25, 0.3) is 0 Å². The number of carbonyl (C=O) groups is 1. The third kappa shape index (κ3) is 6.77. The zero-order chi connectivity index (χ0) is 16.5. The van der Waals surface area contributed by atoms with Gasteiger partial charge in [-0.25, -0.2) is 4.79 Å². The minimum absolute atomic E-state index is 0.203. The van der Waals surface area contributed by atoms with Crippen molar-refractivity contribution in [3.63, 3.8) is 0 Å². The van der Waals surface area contributed by atoms with Crippen LogP contribution in [0, 0.1) is 6.92 Å². The number of benzene rings is 1. The van der Waals surface area contributed by atoms with E-state index in [1.54, 1.807) is 6.07 Å². The van der Waals surface area contributed by atoms with E-state index in [0.717, 1.165) is 57.7 Å². The van der Waals surface area contributed by atoms with Crippen molar-refractivity contribution in [3.05, 3.63) is 28.8 Å². The van der Waals surface area contributed by atoms with E-state index in [4.69, 9.17) is 16.3 Å². The molecule has 1 aliphatic heterocycles. The summed E-state index contributed by atoms with van der Waals surface area (Å²) >= 11 is 6.06. The molecule has 0 radical (unpaired) electrons. The first kappa shape index (κ1) is 18.0. The van der Waals surface area contributed by atoms with E-state index in [2.05, 4.69) is 15.5 Å². The number of anilines is 1. The van der Waals surface area contributed by atoms with Crippen molar-refractivity contribution in [2.24, 2.45) is 0 Å². The van der Waals surface area contributed by atoms with Crippen molar-refractivity contribution in [1.29, 1.82) is 0 Å². The fourth-order valence-electron chi connectivity index (χ4n) is 2.57. The summed E-state index contributed by atoms with van der Waals surface area (Å²) in [6.45, 7) is 7.54. The number of morpholine rings is 1. The molecule has 2 rings (SSSR count). The second-order valence-corrected chi connectivity index (χ2v) is 6.29. The molecule has 0 unspecified atom stereocenters. The summed E-state index contributed by atoms with van der Waals surface area (Å²) in [7, 11) is 0. The van der Waals surface area contributed by atoms with Crippen LogP contribution in [0.4, 0.5) is 10.5 Å². The second-order valence-electron chi connectivity index (χ2n) is 5.88. The van der Waals surface area contributed by atoms with Crippen molar-refractivity contribution in [1.82, 2.24) is 10.2 Å². The first-order valence-electron chi connectivity index (χ1n) is 8.26. The van der Waals surface area contributed by atoms with Crippen LogP contribution in [0.15, 0.2) is 18.2 Å². The number of nitrogens with zero attached hydrogens (tertiary/aromatic N) is 1. The van der Waals surface area contributed by atoms with E-state index < -0.39 is 0 Å². The molecule has 0 aromatic heterocycles. The lowest BCUT2D eigenvalue weighted by atomic mass is 10.2. The number of ether oxygens (including phenoxy) is 1. The van der Waals surface area contributed by atoms with Gasteiger partial charge in [-0.15, -0.1) is 0 Å². The van der Waals surface area contributed by atoms with Crippen molar-refractivity contribution in [3.8, 4) is 0 Å². The number of hydrogen-bond donors (Lipinski definition) is 2. The van der Waals surface area contributed by atoms with Gasteiger partial charge >= 0.3 is 6.03 Å². The summed E-state index contributed by atoms with van der Waals surface area (Å²) < 4.78 is 5.33. The Morgan fingerprint density at radius 1 is 1.26 bits per heavy atom. The van der Waals surface area contributed by atoms with E-state index in [1.807, 2.05) is 19.1 Å². The third-order valence-electron chi connectivity index (χ3n) is 3.91. The maximum Gasteiger partial charge on any atom is 0.319 e. The van der Waals surface area contributed by atoms with Gasteiger partial charge in [0.2, 0.25) is 0 Å². The van der Waals surface area contributed by atoms with Gasteiger partial charge in [-0.05, 0) is 44.0 Å². The largest absolute Gasteiger partial charge is 0.379 e. The van der Waals surface area contributed by atoms with Crippen LogP contribution in [0.5, 0.6) is 0 Å². The van der Waals surface area contributed by atoms with E-state index in [0.29, 0.717) is 17.3 Å². The smallest absolute Gasteiger partial charge is 0.319 e. The van der Waals surface area contributed by atoms with Crippen LogP contribution in [-0.4, -0.2) is 50.3 Å². The van der Waals surface area contributed by atoms with Crippen molar-refractivity contribution >= 4 is 23.3 Å². The molecule has 1 saturated heterocycles. The number of urea groups is 1. The zero-order valence-electron chi connectivity index (χ0n) is 13.7. The van der Waals surface area contributed by atoms with Gasteiger partial charge in [0.05, 0.1) is 23.9 Å². The maximum absolute atomic E-state index is 11.9. The Morgan fingerprint density at radius 3 is 2.83 bits per heavy atom. The summed E-state index contributed by atoms with van der Waals surface area (Å²) in [5.41, 5.74) is 1.71. The molecule has 1 heterocycles. The van der Waals surface area contributed by atoms with Crippen molar-refractivity contribution < 1.29 is 9.53 Å². The predicted octanol–water partition coefficient (Wildman–Crippen LogP) is 3.27. The normalized spacial score (nSPS) is 15.4. The monoisotopic (exact) mass is 339 g/mol. The third-order valence-corrected chi connectivity index (χ3v) is 4.24. The molecule has 0 bridgehead atoms. The number of amides is 2. The van der Waals surface area contributed by atoms with E-state index in [9.17, 15) is 4.79 Å². The number of unbranched alkanes of at least 4 members (excludes halogenated alkanes) is 2. The number of nitrogens with one attached hydrogen (secondary N) is 2. The van der Waals surface area contributed by atoms with Gasteiger partial charge < -0.3 is 15.4 Å². The van der Waals surface area contributed by atoms with Crippen LogP contribution in [0.3, 0.4) is 0 Å². The highest BCUT2D eigenvalue weighted by Crippen LogP contribution is 2.22. The van der Waals surface area contributed by atoms with Gasteiger partial charge in [-0.1, -0.05) is 24.1 Å². The lowest BCUT2D eigenvalue weighted by Crippen LogP contribution is -2.36. The first-order chi connectivity index (χ1) is 11.1. The van der Waals surface area contributed by atoms with Crippen molar-refractivity contribution in [2.75, 3.05) is 44.7 Å². The fourth-order valence-corrected chi connectivity index (χ4v) is 2.73. The molecule has 2 amide bonds. The number of carbonyl (C=O) groups excluding carboxylic acids is 1. The van der Waals surface area contributed by atoms with Crippen LogP contribution in [0.25, 0.3) is 0 Å². The highest BCUT2D eigenvalue weighted by molar-refractivity contribution is 6.33. The highest BCUT2D eigenvalue weighted by Gasteiger charge is 2.09. The minimum atomic E-state index is -0.203. The molecule has 0 aliphatic carbocycles. The lowest BCUT2D eigenvalue weighted by molar-refractivity contribution is 0.0371. The van der Waals surface area contributed by atoms with Crippen LogP contribution >= 0.6 is 11.6 Å². The Morgan fingerprint density at radius 2 is 2.04 bits per heavy atom. The van der Waals surface area contributed by atoms with Gasteiger partial charge in [-0.2, -0.15) is 0 Å². The van der Waals surface area contributed by atoms with E-state index in [-0.39, 0.29) is 6.03 Å². The Hall–Kier alpha value is -1.30. The summed E-state index contributed by atoms with van der Waals surface area (Å²) in [6.07, 6.45) is 3.26. The molecule has 128 valence electrons. The number of rotatable bonds is 7. The summed E-state index contributed by atoms with van der Waals surface area (Å²) in [4.78, 5) is 14.3. The van der Waals surface area contributed by atoms with Crippen molar-refractivity contribution in [2.45, 2.75) is 26.2 Å². The molecular formula is C17H26ClN3O2. The van der Waals surface area contributed by atoms with E-state index in [1.165, 1.54) is 0 Å². The Labute approximate surface area is 143 Å². The molecule has 0 spiro atoms. The topological polar surface area (TPSA) is 53.6 Å². The Balaban J connectivity index is 1.55. The van der Waals surface area contributed by atoms with Gasteiger partial charge in [-0.3, -0.25) is 4.90 Å². The zero-order valence-corrected chi connectivity index (χ0v) is 14.5. The summed E-state index contributed by atoms with van der Waals surface area (Å²) in [5, 5.41) is 6.22. The molecule has 1 aromatic rings. The molecule has 0 atom stereocenters. The molecular weight excluding hydrogens is 314 g/mol. The summed E-state index contributed by atoms with van der Waals surface area (Å²) in [5.74, 6) is 0. The Kier molecular flexibility index (Phi) is 7.65. The van der Waals surface area contributed by atoms with E-state index >= 15 is 0 Å². The number of aryl methyl sites for hydroxylation is 1. The number of hydrogen-bond acceptors (Lipinski definition) is 3. The molecule has 1 fully saturated rings. The van der Waals surface area contributed by atoms with Crippen LogP contribution in [0.2, 0.25) is 5.02 Å². The SMILES string of the molecule is Cc1ccc(Cl)c(NC(=O)NCCCCCN2CCOCC2)c1. The maximum atomic E-state index is 11.9. The molecule has 23 heavy (non-hydrogen) atoms. The molecule has 0 saturated carbocycles. The van der Waals surface area contributed by atoms with Gasteiger partial charge in [0, 0.05) is 19.6 Å². The lowest BCUT2D eigenvalue weighted by Gasteiger charge is -2.26. The quantitative estimate of drug-likeness (QED) is 0.750. The highest BCUT2D eigenvalue weighted by atomic mass is 35.5. The van der Waals surface area contributed by atoms with Crippen LogP contribution in [0.1, 0.15) is 24.8 Å². The minimum Gasteiger partial charge on any atom is -0.379 e. The van der Waals surface area contributed by atoms with Gasteiger partial charge in [0.1, 0.15) is 0 Å².